The molecule has 1 aromatic carbocycles. The Hall–Kier alpha value is -0.870. The first-order valence-corrected chi connectivity index (χ1v) is 4.68. The van der Waals surface area contributed by atoms with Crippen LogP contribution in [0.3, 0.4) is 0 Å². The maximum absolute atomic E-state index is 10.6. The summed E-state index contributed by atoms with van der Waals surface area (Å²) in [5.74, 6) is 0.173. The van der Waals surface area contributed by atoms with Crippen LogP contribution in [0.25, 0.3) is 0 Å². The summed E-state index contributed by atoms with van der Waals surface area (Å²) in [6.07, 6.45) is 0.650. The maximum Gasteiger partial charge on any atom is 0.186 e. The second kappa shape index (κ2) is 3.69. The van der Waals surface area contributed by atoms with Gasteiger partial charge in [-0.1, -0.05) is 6.92 Å². The molecule has 1 atom stereocenters. The molecule has 0 fully saturated rings. The third-order valence-corrected chi connectivity index (χ3v) is 2.29. The molecule has 1 unspecified atom stereocenters. The molecule has 0 radical (unpaired) electrons. The van der Waals surface area contributed by atoms with Crippen molar-refractivity contribution in [1.29, 1.82) is 0 Å². The molecule has 0 spiro atoms. The van der Waals surface area contributed by atoms with Crippen LogP contribution >= 0.6 is 0 Å². The summed E-state index contributed by atoms with van der Waals surface area (Å²) in [6.45, 7) is 1.87. The summed E-state index contributed by atoms with van der Waals surface area (Å²) in [6, 6.07) is 4.40. The topological polar surface area (TPSA) is 57.5 Å². The van der Waals surface area contributed by atoms with Crippen molar-refractivity contribution in [3.05, 3.63) is 23.8 Å². The van der Waals surface area contributed by atoms with Crippen LogP contribution in [0, 0.1) is 0 Å². The zero-order valence-corrected chi connectivity index (χ0v) is 7.47. The molecule has 0 aromatic heterocycles. The van der Waals surface area contributed by atoms with Gasteiger partial charge in [-0.15, -0.1) is 0 Å². The average molecular weight is 186 g/mol. The maximum atomic E-state index is 10.6. The third kappa shape index (κ3) is 1.84. The van der Waals surface area contributed by atoms with Gasteiger partial charge in [-0.2, -0.15) is 0 Å². The van der Waals surface area contributed by atoms with Crippen LogP contribution in [-0.4, -0.2) is 13.9 Å². The Labute approximate surface area is 73.3 Å². The van der Waals surface area contributed by atoms with Crippen molar-refractivity contribution in [1.82, 2.24) is 0 Å². The number of aromatic hydroxyl groups is 1. The lowest BCUT2D eigenvalue weighted by Gasteiger charge is -2.02. The lowest BCUT2D eigenvalue weighted by atomic mass is 10.1. The van der Waals surface area contributed by atoms with Gasteiger partial charge in [-0.25, -0.2) is 4.21 Å². The second-order valence-corrected chi connectivity index (χ2v) is 3.36. The molecule has 0 saturated heterocycles. The van der Waals surface area contributed by atoms with Crippen LogP contribution in [0.1, 0.15) is 12.5 Å². The average Bonchev–Trinajstić information content (AvgIpc) is 2.05. The number of phenolic OH excluding ortho intramolecular Hbond substituents is 1. The second-order valence-electron chi connectivity index (χ2n) is 2.39. The predicted octanol–water partition coefficient (Wildman–Crippen LogP) is 1.54. The van der Waals surface area contributed by atoms with Gasteiger partial charge in [-0.3, -0.25) is 0 Å². The first-order valence-electron chi connectivity index (χ1n) is 3.58. The largest absolute Gasteiger partial charge is 0.508 e. The molecule has 0 bridgehead atoms. The fraction of sp³-hybridized carbons (Fsp3) is 0.250. The molecule has 0 saturated carbocycles. The van der Waals surface area contributed by atoms with E-state index in [1.165, 1.54) is 18.2 Å². The minimum absolute atomic E-state index is 0.173. The molecule has 1 rings (SSSR count). The van der Waals surface area contributed by atoms with Gasteiger partial charge in [-0.05, 0) is 30.2 Å². The Bertz CT molecular complexity index is 309. The number of aryl methyl sites for hydroxylation is 1. The quantitative estimate of drug-likeness (QED) is 0.689. The Morgan fingerprint density at radius 2 is 2.17 bits per heavy atom. The molecule has 66 valence electrons. The Morgan fingerprint density at radius 1 is 1.50 bits per heavy atom. The number of hydrogen-bond acceptors (Lipinski definition) is 2. The highest BCUT2D eigenvalue weighted by atomic mass is 32.2. The lowest BCUT2D eigenvalue weighted by Crippen LogP contribution is -1.90. The molecular formula is C8H10O3S. The molecule has 0 aliphatic rings. The SMILES string of the molecule is CCc1cc(S(=O)O)ccc1O. The van der Waals surface area contributed by atoms with E-state index in [4.69, 9.17) is 4.55 Å². The minimum atomic E-state index is -1.96. The molecule has 0 heterocycles. The van der Waals surface area contributed by atoms with E-state index in [0.717, 1.165) is 0 Å². The van der Waals surface area contributed by atoms with E-state index in [2.05, 4.69) is 0 Å². The fourth-order valence-electron chi connectivity index (χ4n) is 0.954. The first-order chi connectivity index (χ1) is 5.65. The van der Waals surface area contributed by atoms with Gasteiger partial charge in [0.1, 0.15) is 5.75 Å². The van der Waals surface area contributed by atoms with Crippen molar-refractivity contribution in [3.8, 4) is 5.75 Å². The number of phenols is 1. The van der Waals surface area contributed by atoms with Gasteiger partial charge in [0.15, 0.2) is 11.1 Å². The first kappa shape index (κ1) is 9.22. The van der Waals surface area contributed by atoms with Crippen LogP contribution in [0.15, 0.2) is 23.1 Å². The number of hydrogen-bond donors (Lipinski definition) is 2. The van der Waals surface area contributed by atoms with E-state index in [1.807, 2.05) is 6.92 Å². The van der Waals surface area contributed by atoms with Crippen molar-refractivity contribution in [2.75, 3.05) is 0 Å². The summed E-state index contributed by atoms with van der Waals surface area (Å²) >= 11 is -1.96. The number of benzene rings is 1. The van der Waals surface area contributed by atoms with E-state index in [9.17, 15) is 9.32 Å². The van der Waals surface area contributed by atoms with Gasteiger partial charge >= 0.3 is 0 Å². The zero-order valence-electron chi connectivity index (χ0n) is 6.65. The summed E-state index contributed by atoms with van der Waals surface area (Å²) in [7, 11) is 0. The fourth-order valence-corrected chi connectivity index (χ4v) is 1.38. The lowest BCUT2D eigenvalue weighted by molar-refractivity contribution is 0.468. The molecule has 2 N–H and O–H groups in total. The van der Waals surface area contributed by atoms with Crippen LogP contribution < -0.4 is 0 Å². The standard InChI is InChI=1S/C8H10O3S/c1-2-6-5-7(12(10)11)3-4-8(6)9/h3-5,9H,2H2,1H3,(H,10,11). The van der Waals surface area contributed by atoms with Gasteiger partial charge in [0.05, 0.1) is 4.90 Å². The highest BCUT2D eigenvalue weighted by molar-refractivity contribution is 7.79. The molecule has 0 aliphatic carbocycles. The van der Waals surface area contributed by atoms with Crippen LogP contribution in [-0.2, 0) is 17.5 Å². The Kier molecular flexibility index (Phi) is 2.83. The van der Waals surface area contributed by atoms with Crippen molar-refractivity contribution < 1.29 is 13.9 Å². The summed E-state index contributed by atoms with van der Waals surface area (Å²) in [5.41, 5.74) is 0.690. The third-order valence-electron chi connectivity index (χ3n) is 1.63. The molecule has 1 aromatic rings. The van der Waals surface area contributed by atoms with Crippen LogP contribution in [0.2, 0.25) is 0 Å². The van der Waals surface area contributed by atoms with E-state index < -0.39 is 11.1 Å². The monoisotopic (exact) mass is 186 g/mol. The molecule has 4 heteroatoms. The molecule has 3 nitrogen and oxygen atoms in total. The Morgan fingerprint density at radius 3 is 2.67 bits per heavy atom. The van der Waals surface area contributed by atoms with Crippen molar-refractivity contribution in [2.45, 2.75) is 18.2 Å². The van der Waals surface area contributed by atoms with E-state index in [0.29, 0.717) is 16.9 Å². The molecule has 0 amide bonds. The Balaban J connectivity index is 3.13. The smallest absolute Gasteiger partial charge is 0.186 e. The van der Waals surface area contributed by atoms with Crippen molar-refractivity contribution in [2.24, 2.45) is 0 Å². The van der Waals surface area contributed by atoms with Gasteiger partial charge in [0, 0.05) is 0 Å². The van der Waals surface area contributed by atoms with Crippen molar-refractivity contribution >= 4 is 11.1 Å². The van der Waals surface area contributed by atoms with Crippen LogP contribution in [0.5, 0.6) is 5.75 Å². The summed E-state index contributed by atoms with van der Waals surface area (Å²) in [4.78, 5) is 0.324. The van der Waals surface area contributed by atoms with Crippen molar-refractivity contribution in [3.63, 3.8) is 0 Å². The van der Waals surface area contributed by atoms with E-state index in [-0.39, 0.29) is 5.75 Å². The van der Waals surface area contributed by atoms with Crippen LogP contribution in [0.4, 0.5) is 0 Å². The number of rotatable bonds is 2. The highest BCUT2D eigenvalue weighted by Crippen LogP contribution is 2.20. The molecule has 12 heavy (non-hydrogen) atoms. The predicted molar refractivity (Wildman–Crippen MR) is 46.5 cm³/mol. The highest BCUT2D eigenvalue weighted by Gasteiger charge is 2.03. The van der Waals surface area contributed by atoms with E-state index >= 15 is 0 Å². The normalized spacial score (nSPS) is 12.8. The van der Waals surface area contributed by atoms with Gasteiger partial charge in [0.2, 0.25) is 0 Å². The molecule has 0 aliphatic heterocycles. The minimum Gasteiger partial charge on any atom is -0.508 e. The molecular weight excluding hydrogens is 176 g/mol. The summed E-state index contributed by atoms with van der Waals surface area (Å²) in [5, 5.41) is 9.24. The summed E-state index contributed by atoms with van der Waals surface area (Å²) < 4.78 is 19.3. The zero-order chi connectivity index (χ0) is 9.14. The van der Waals surface area contributed by atoms with Gasteiger partial charge in [0.25, 0.3) is 0 Å². The van der Waals surface area contributed by atoms with Gasteiger partial charge < -0.3 is 9.66 Å². The van der Waals surface area contributed by atoms with E-state index in [1.54, 1.807) is 0 Å².